The van der Waals surface area contributed by atoms with E-state index >= 15 is 0 Å². The van der Waals surface area contributed by atoms with Gasteiger partial charge >= 0.3 is 0 Å². The maximum atomic E-state index is 5.53. The van der Waals surface area contributed by atoms with Crippen molar-refractivity contribution >= 4 is 65.5 Å². The van der Waals surface area contributed by atoms with Crippen LogP contribution in [0.1, 0.15) is 75.4 Å². The van der Waals surface area contributed by atoms with Gasteiger partial charge in [-0.05, 0) is 90.9 Å². The molecule has 2 atom stereocenters. The average Bonchev–Trinajstić information content (AvgIpc) is 3.86. The fourth-order valence-electron chi connectivity index (χ4n) is 11.2. The molecule has 4 aromatic carbocycles. The molecule has 306 valence electrons. The van der Waals surface area contributed by atoms with Crippen LogP contribution in [0.2, 0.25) is 39.3 Å². The first-order valence-electron chi connectivity index (χ1n) is 21.3. The van der Waals surface area contributed by atoms with Crippen molar-refractivity contribution in [2.24, 2.45) is 23.7 Å². The first kappa shape index (κ1) is 42.9. The number of rotatable bonds is 8. The van der Waals surface area contributed by atoms with Gasteiger partial charge in [0.05, 0.1) is 35.7 Å². The minimum absolute atomic E-state index is 0. The van der Waals surface area contributed by atoms with E-state index in [-0.39, 0.29) is 30.1 Å². The summed E-state index contributed by atoms with van der Waals surface area (Å²) in [7, 11) is -0.382. The molecule has 0 saturated heterocycles. The zero-order chi connectivity index (χ0) is 39.6. The van der Waals surface area contributed by atoms with Crippen LogP contribution in [-0.4, -0.2) is 36.9 Å². The first-order valence-corrected chi connectivity index (χ1v) is 30.5. The molecule has 4 bridgehead atoms. The Labute approximate surface area is 360 Å². The minimum atomic E-state index is -1.79. The van der Waals surface area contributed by atoms with Crippen LogP contribution in [0.4, 0.5) is 0 Å². The van der Waals surface area contributed by atoms with E-state index in [1.165, 1.54) is 54.6 Å². The van der Waals surface area contributed by atoms with Gasteiger partial charge in [-0.2, -0.15) is 5.19 Å². The van der Waals surface area contributed by atoms with Gasteiger partial charge in [0.2, 0.25) is 0 Å². The standard InChI is InChI=1S/C45H59N2P2Si2.C5H5.Fe/c1-44(2,3)49(42-33-23-29-22-30(25-33)26-34(42)24-29)28-35-36(27-39(50(4,5)6)43(35)51(7,8)9)45(48,40-20-18-31-14-10-12-16-37(31)46-40)41-21-19-32-15-11-13-17-38(32)47-41;1-2-4-5-3-1;/h10-21,27,29-30,33-34,42H,22-26,28,48H2,1-9H3;1-5H;/q-1;-5;. The van der Waals surface area contributed by atoms with Crippen LogP contribution in [-0.2, 0) is 28.4 Å². The predicted molar refractivity (Wildman–Crippen MR) is 254 cm³/mol. The molecule has 2 heterocycles. The summed E-state index contributed by atoms with van der Waals surface area (Å²) < 4.78 is 0. The van der Waals surface area contributed by atoms with Crippen LogP contribution in [0.25, 0.3) is 21.8 Å². The Hall–Kier alpha value is -2.23. The van der Waals surface area contributed by atoms with Crippen LogP contribution >= 0.6 is 17.2 Å². The smallest absolute Gasteiger partial charge is 0.0710 e. The topological polar surface area (TPSA) is 25.8 Å². The van der Waals surface area contributed by atoms with Crippen molar-refractivity contribution < 1.29 is 17.1 Å². The molecule has 4 aliphatic carbocycles. The first-order chi connectivity index (χ1) is 26.5. The van der Waals surface area contributed by atoms with Crippen molar-refractivity contribution in [1.82, 2.24) is 9.97 Å². The summed E-state index contributed by atoms with van der Waals surface area (Å²) in [5.74, 6) is 3.87. The molecule has 57 heavy (non-hydrogen) atoms. The zero-order valence-electron chi connectivity index (χ0n) is 35.8. The van der Waals surface area contributed by atoms with E-state index in [4.69, 9.17) is 9.97 Å². The van der Waals surface area contributed by atoms with Gasteiger partial charge in [0, 0.05) is 35.9 Å². The summed E-state index contributed by atoms with van der Waals surface area (Å²) in [6.45, 7) is 23.4. The third kappa shape index (κ3) is 8.43. The van der Waals surface area contributed by atoms with Gasteiger partial charge in [-0.25, -0.2) is 11.3 Å². The van der Waals surface area contributed by atoms with E-state index in [1.807, 2.05) is 30.3 Å². The van der Waals surface area contributed by atoms with E-state index in [0.29, 0.717) is 0 Å². The number of para-hydroxylation sites is 2. The third-order valence-corrected chi connectivity index (χ3v) is 22.6. The van der Waals surface area contributed by atoms with Crippen molar-refractivity contribution in [2.45, 2.75) is 114 Å². The molecule has 4 saturated carbocycles. The van der Waals surface area contributed by atoms with E-state index in [1.54, 1.807) is 15.9 Å². The van der Waals surface area contributed by atoms with Crippen molar-refractivity contribution in [2.75, 3.05) is 0 Å². The molecule has 10 rings (SSSR count). The molecule has 2 aromatic heterocycles. The van der Waals surface area contributed by atoms with Crippen LogP contribution < -0.4 is 10.4 Å². The van der Waals surface area contributed by atoms with Gasteiger partial charge in [0.1, 0.15) is 0 Å². The zero-order valence-corrected chi connectivity index (χ0v) is 40.9. The van der Waals surface area contributed by atoms with E-state index in [2.05, 4.69) is 148 Å². The van der Waals surface area contributed by atoms with Crippen LogP contribution in [0.3, 0.4) is 0 Å². The number of nitrogens with zero attached hydrogens (tertiary/aromatic N) is 2. The Morgan fingerprint density at radius 1 is 0.667 bits per heavy atom. The summed E-state index contributed by atoms with van der Waals surface area (Å²) in [6, 6.07) is 39.1. The predicted octanol–water partition coefficient (Wildman–Crippen LogP) is 12.8. The fraction of sp³-hybridized carbons (Fsp3) is 0.440. The number of hydrogen-bond acceptors (Lipinski definition) is 2. The fourth-order valence-corrected chi connectivity index (χ4v) is 21.4. The maximum absolute atomic E-state index is 5.53. The number of pyridine rings is 2. The van der Waals surface area contributed by atoms with E-state index in [0.717, 1.165) is 51.8 Å². The van der Waals surface area contributed by atoms with Crippen molar-refractivity contribution in [3.63, 3.8) is 0 Å². The normalized spacial score (nSPS) is 22.6. The van der Waals surface area contributed by atoms with E-state index < -0.39 is 21.3 Å². The molecule has 2 nitrogen and oxygen atoms in total. The van der Waals surface area contributed by atoms with Crippen LogP contribution in [0.15, 0.2) is 109 Å². The average molecular weight is 867 g/mol. The molecule has 2 unspecified atom stereocenters. The van der Waals surface area contributed by atoms with Gasteiger partial charge < -0.3 is 30.3 Å². The van der Waals surface area contributed by atoms with Crippen molar-refractivity contribution in [1.29, 1.82) is 0 Å². The Balaban J connectivity index is 0.000000769. The number of aromatic nitrogens is 2. The second-order valence-electron chi connectivity index (χ2n) is 20.6. The van der Waals surface area contributed by atoms with Crippen molar-refractivity contribution in [3.8, 4) is 0 Å². The summed E-state index contributed by atoms with van der Waals surface area (Å²) >= 11 is 0. The largest absolute Gasteiger partial charge is 0.748 e. The molecular weight excluding hydrogens is 803 g/mol. The third-order valence-electron chi connectivity index (χ3n) is 13.5. The van der Waals surface area contributed by atoms with Gasteiger partial charge in [-0.15, -0.1) is 28.3 Å². The summed E-state index contributed by atoms with van der Waals surface area (Å²) in [6.07, 6.45) is 8.73. The monoisotopic (exact) mass is 866 g/mol. The Kier molecular flexibility index (Phi) is 12.3. The Bertz CT molecular complexity index is 2180. The molecular formula is C50H64FeN2P2Si2-6. The molecule has 0 spiro atoms. The van der Waals surface area contributed by atoms with Gasteiger partial charge in [0.15, 0.2) is 0 Å². The molecule has 4 fully saturated rings. The maximum Gasteiger partial charge on any atom is 0.0710 e. The molecule has 7 heteroatoms. The molecule has 0 amide bonds. The molecule has 0 radical (unpaired) electrons. The van der Waals surface area contributed by atoms with E-state index in [9.17, 15) is 0 Å². The summed E-state index contributed by atoms with van der Waals surface area (Å²) in [5.41, 5.74) is 8.30. The van der Waals surface area contributed by atoms with Crippen LogP contribution in [0.5, 0.6) is 0 Å². The van der Waals surface area contributed by atoms with Crippen molar-refractivity contribution in [3.05, 3.63) is 132 Å². The summed E-state index contributed by atoms with van der Waals surface area (Å²) in [4.78, 5) is 11.1. The van der Waals surface area contributed by atoms with Crippen LogP contribution in [0, 0.1) is 23.7 Å². The second-order valence-corrected chi connectivity index (χ2v) is 34.7. The van der Waals surface area contributed by atoms with Gasteiger partial charge in [-0.1, -0.05) is 115 Å². The second kappa shape index (κ2) is 16.3. The SMILES string of the molecule is CC(C)(C)P(C[c-]1c(C(P)(c2ccc3ccccc3n2)c2ccc3ccccc3n2)cc([Si](C)(C)C)c1[Si](C)(C)C)C1C2CC3CC(C2)CC1C3.[Fe].[cH-]1[cH-][cH-][cH-][cH-]1. The quantitative estimate of drug-likeness (QED) is 0.0865. The number of benzene rings is 2. The molecule has 0 N–H and O–H groups in total. The number of hydrogen-bond donors (Lipinski definition) is 0. The molecule has 0 aliphatic heterocycles. The van der Waals surface area contributed by atoms with Gasteiger partial charge in [0.25, 0.3) is 0 Å². The Morgan fingerprint density at radius 3 is 1.54 bits per heavy atom. The molecule has 6 aromatic rings. The number of fused-ring (bicyclic) bond motifs is 2. The Morgan fingerprint density at radius 2 is 1.12 bits per heavy atom. The molecule has 4 aliphatic rings. The minimum Gasteiger partial charge on any atom is -0.748 e. The summed E-state index contributed by atoms with van der Waals surface area (Å²) in [5, 5.41) is 5.53. The van der Waals surface area contributed by atoms with Gasteiger partial charge in [-0.3, -0.25) is 9.97 Å².